The van der Waals surface area contributed by atoms with Gasteiger partial charge in [0.1, 0.15) is 0 Å². The summed E-state index contributed by atoms with van der Waals surface area (Å²) in [6, 6.07) is 7.72. The third kappa shape index (κ3) is 2.93. The van der Waals surface area contributed by atoms with Crippen molar-refractivity contribution in [3.63, 3.8) is 0 Å². The number of ketones is 2. The van der Waals surface area contributed by atoms with Gasteiger partial charge in [0.15, 0.2) is 11.6 Å². The normalized spacial score (nSPS) is 22.8. The van der Waals surface area contributed by atoms with Crippen LogP contribution in [-0.2, 0) is 4.79 Å². The Labute approximate surface area is 145 Å². The van der Waals surface area contributed by atoms with Crippen LogP contribution in [0.5, 0.6) is 0 Å². The molecule has 0 amide bonds. The Kier molecular flexibility index (Phi) is 5.38. The lowest BCUT2D eigenvalue weighted by Gasteiger charge is -2.40. The van der Waals surface area contributed by atoms with Gasteiger partial charge in [0.05, 0.1) is 11.3 Å². The maximum Gasteiger partial charge on any atom is 0.174 e. The fraction of sp³-hybridized carbons (Fsp3) is 0.364. The summed E-state index contributed by atoms with van der Waals surface area (Å²) in [5, 5.41) is 0. The van der Waals surface area contributed by atoms with E-state index in [2.05, 4.69) is 20.4 Å². The second-order valence-electron chi connectivity index (χ2n) is 6.99. The van der Waals surface area contributed by atoms with Crippen molar-refractivity contribution < 1.29 is 9.59 Å². The highest BCUT2D eigenvalue weighted by atomic mass is 16.1. The van der Waals surface area contributed by atoms with Gasteiger partial charge in [0.2, 0.25) is 0 Å². The first kappa shape index (κ1) is 18.1. The Bertz CT molecular complexity index is 706. The molecule has 2 heteroatoms. The number of Topliss-reactive ketones (excluding diaryl/α,β-unsaturated/α-hetero) is 1. The van der Waals surface area contributed by atoms with E-state index in [-0.39, 0.29) is 23.4 Å². The summed E-state index contributed by atoms with van der Waals surface area (Å²) in [7, 11) is 0. The predicted octanol–water partition coefficient (Wildman–Crippen LogP) is 5.13. The minimum atomic E-state index is -0.870. The summed E-state index contributed by atoms with van der Waals surface area (Å²) >= 11 is 0. The zero-order chi connectivity index (χ0) is 17.9. The van der Waals surface area contributed by atoms with Gasteiger partial charge >= 0.3 is 0 Å². The van der Waals surface area contributed by atoms with E-state index in [1.165, 1.54) is 6.08 Å². The van der Waals surface area contributed by atoms with Crippen molar-refractivity contribution >= 4 is 11.6 Å². The van der Waals surface area contributed by atoms with E-state index in [4.69, 9.17) is 0 Å². The van der Waals surface area contributed by atoms with Crippen molar-refractivity contribution in [2.75, 3.05) is 0 Å². The van der Waals surface area contributed by atoms with E-state index < -0.39 is 11.3 Å². The van der Waals surface area contributed by atoms with Crippen molar-refractivity contribution in [3.05, 3.63) is 72.4 Å². The van der Waals surface area contributed by atoms with Crippen LogP contribution in [0.4, 0.5) is 0 Å². The van der Waals surface area contributed by atoms with E-state index in [1.807, 2.05) is 62.4 Å². The average Bonchev–Trinajstić information content (AvgIpc) is 2.59. The van der Waals surface area contributed by atoms with Gasteiger partial charge in [0, 0.05) is 5.56 Å². The van der Waals surface area contributed by atoms with E-state index in [1.54, 1.807) is 0 Å². The van der Waals surface area contributed by atoms with Gasteiger partial charge in [-0.25, -0.2) is 0 Å². The summed E-state index contributed by atoms with van der Waals surface area (Å²) in [5.41, 5.74) is 0.865. The number of rotatable bonds is 6. The van der Waals surface area contributed by atoms with Gasteiger partial charge in [-0.2, -0.15) is 0 Å². The number of hydrogen-bond acceptors (Lipinski definition) is 2. The second-order valence-corrected chi connectivity index (χ2v) is 6.99. The predicted molar refractivity (Wildman–Crippen MR) is 99.1 cm³/mol. The van der Waals surface area contributed by atoms with E-state index in [0.717, 1.165) is 5.56 Å². The summed E-state index contributed by atoms with van der Waals surface area (Å²) in [4.78, 5) is 26.1. The van der Waals surface area contributed by atoms with Crippen molar-refractivity contribution in [3.8, 4) is 0 Å². The molecule has 0 heterocycles. The van der Waals surface area contributed by atoms with Crippen molar-refractivity contribution in [1.29, 1.82) is 0 Å². The molecule has 0 fully saturated rings. The van der Waals surface area contributed by atoms with Gasteiger partial charge < -0.3 is 0 Å². The average molecular weight is 322 g/mol. The number of allylic oxidation sites excluding steroid dienone is 5. The molecule has 0 radical (unpaired) electrons. The van der Waals surface area contributed by atoms with Crippen molar-refractivity contribution in [2.45, 2.75) is 33.6 Å². The monoisotopic (exact) mass is 322 g/mol. The number of carbonyl (C=O) groups is 2. The third-order valence-corrected chi connectivity index (χ3v) is 4.99. The summed E-state index contributed by atoms with van der Waals surface area (Å²) in [5.74, 6) is -0.374. The molecule has 2 rings (SSSR count). The number of hydrogen-bond donors (Lipinski definition) is 0. The first-order valence-corrected chi connectivity index (χ1v) is 8.52. The number of benzene rings is 1. The molecule has 1 aromatic carbocycles. The fourth-order valence-electron chi connectivity index (χ4n) is 3.58. The molecule has 0 aromatic heterocycles. The SMILES string of the molecule is C=CC(=O)C1C=CC=CC1(C(=O)c1ccccc1C(C)C)C(C)C. The zero-order valence-electron chi connectivity index (χ0n) is 15.0. The molecular formula is C22H26O2. The highest BCUT2D eigenvalue weighted by Crippen LogP contribution is 2.45. The maximum atomic E-state index is 13.6. The molecule has 2 unspecified atom stereocenters. The van der Waals surface area contributed by atoms with Crippen LogP contribution >= 0.6 is 0 Å². The summed E-state index contributed by atoms with van der Waals surface area (Å²) in [6.07, 6.45) is 8.78. The Morgan fingerprint density at radius 2 is 1.79 bits per heavy atom. The van der Waals surface area contributed by atoms with Gasteiger partial charge in [0.25, 0.3) is 0 Å². The van der Waals surface area contributed by atoms with E-state index >= 15 is 0 Å². The largest absolute Gasteiger partial charge is 0.294 e. The van der Waals surface area contributed by atoms with E-state index in [0.29, 0.717) is 5.56 Å². The quantitative estimate of drug-likeness (QED) is 0.537. The van der Waals surface area contributed by atoms with Gasteiger partial charge in [-0.3, -0.25) is 9.59 Å². The van der Waals surface area contributed by atoms with Gasteiger partial charge in [-0.15, -0.1) is 0 Å². The summed E-state index contributed by atoms with van der Waals surface area (Å²) in [6.45, 7) is 11.8. The second kappa shape index (κ2) is 7.12. The van der Waals surface area contributed by atoms with Crippen molar-refractivity contribution in [1.82, 2.24) is 0 Å². The Morgan fingerprint density at radius 1 is 1.12 bits per heavy atom. The smallest absolute Gasteiger partial charge is 0.174 e. The van der Waals surface area contributed by atoms with Gasteiger partial charge in [-0.1, -0.05) is 82.8 Å². The first-order valence-electron chi connectivity index (χ1n) is 8.52. The minimum Gasteiger partial charge on any atom is -0.294 e. The van der Waals surface area contributed by atoms with Crippen LogP contribution in [0, 0.1) is 17.3 Å². The molecule has 2 atom stereocenters. The molecular weight excluding hydrogens is 296 g/mol. The molecule has 0 spiro atoms. The Morgan fingerprint density at radius 3 is 2.38 bits per heavy atom. The lowest BCUT2D eigenvalue weighted by molar-refractivity contribution is -0.119. The summed E-state index contributed by atoms with van der Waals surface area (Å²) < 4.78 is 0. The van der Waals surface area contributed by atoms with Crippen LogP contribution in [-0.4, -0.2) is 11.6 Å². The first-order chi connectivity index (χ1) is 11.4. The van der Waals surface area contributed by atoms with Crippen LogP contribution in [0.15, 0.2) is 61.2 Å². The standard InChI is InChI=1S/C22H26O2/c1-6-20(23)19-13-9-10-14-22(19,16(4)5)21(24)18-12-8-7-11-17(18)15(2)3/h6-16,19H,1H2,2-5H3. The van der Waals surface area contributed by atoms with Crippen molar-refractivity contribution in [2.24, 2.45) is 17.3 Å². The van der Waals surface area contributed by atoms with Crippen LogP contribution in [0.2, 0.25) is 0 Å². The maximum absolute atomic E-state index is 13.6. The Hall–Kier alpha value is -2.22. The highest BCUT2D eigenvalue weighted by Gasteiger charge is 2.48. The molecule has 0 saturated heterocycles. The molecule has 2 nitrogen and oxygen atoms in total. The lowest BCUT2D eigenvalue weighted by atomic mass is 9.60. The molecule has 0 aliphatic heterocycles. The third-order valence-electron chi connectivity index (χ3n) is 4.99. The fourth-order valence-corrected chi connectivity index (χ4v) is 3.58. The number of carbonyl (C=O) groups excluding carboxylic acids is 2. The lowest BCUT2D eigenvalue weighted by Crippen LogP contribution is -2.45. The van der Waals surface area contributed by atoms with Gasteiger partial charge in [-0.05, 0) is 23.5 Å². The molecule has 1 aliphatic carbocycles. The van der Waals surface area contributed by atoms with Crippen LogP contribution in [0.25, 0.3) is 0 Å². The highest BCUT2D eigenvalue weighted by molar-refractivity contribution is 6.08. The zero-order valence-corrected chi connectivity index (χ0v) is 15.0. The molecule has 24 heavy (non-hydrogen) atoms. The Balaban J connectivity index is 2.65. The molecule has 1 aliphatic rings. The molecule has 0 saturated carbocycles. The van der Waals surface area contributed by atoms with Crippen LogP contribution in [0.1, 0.15) is 49.5 Å². The minimum absolute atomic E-state index is 0.0136. The molecule has 126 valence electrons. The van der Waals surface area contributed by atoms with E-state index in [9.17, 15) is 9.59 Å². The van der Waals surface area contributed by atoms with Crippen LogP contribution < -0.4 is 0 Å². The topological polar surface area (TPSA) is 34.1 Å². The molecule has 1 aromatic rings. The molecule has 0 bridgehead atoms. The van der Waals surface area contributed by atoms with Crippen LogP contribution in [0.3, 0.4) is 0 Å². The molecule has 0 N–H and O–H groups in total.